The zero-order valence-corrected chi connectivity index (χ0v) is 9.14. The first-order valence-electron chi connectivity index (χ1n) is 4.13. The van der Waals surface area contributed by atoms with Gasteiger partial charge in [-0.2, -0.15) is 10.3 Å². The molecule has 0 fully saturated rings. The van der Waals surface area contributed by atoms with E-state index in [0.29, 0.717) is 5.95 Å². The lowest BCUT2D eigenvalue weighted by Gasteiger charge is -1.93. The lowest BCUT2D eigenvalue weighted by molar-refractivity contribution is 0.881. The maximum atomic E-state index is 3.94. The molecule has 1 heterocycles. The summed E-state index contributed by atoms with van der Waals surface area (Å²) >= 11 is 3.35. The van der Waals surface area contributed by atoms with E-state index in [4.69, 9.17) is 0 Å². The third-order valence-electron chi connectivity index (χ3n) is 1.59. The van der Waals surface area contributed by atoms with Gasteiger partial charge in [0.1, 0.15) is 0 Å². The molecule has 0 saturated carbocycles. The number of tetrazole rings is 1. The summed E-state index contributed by atoms with van der Waals surface area (Å²) < 4.78 is 1.03. The Morgan fingerprint density at radius 3 is 2.80 bits per heavy atom. The Kier molecular flexibility index (Phi) is 3.03. The number of aromatic nitrogens is 4. The van der Waals surface area contributed by atoms with E-state index in [2.05, 4.69) is 47.1 Å². The first-order chi connectivity index (χ1) is 7.34. The molecule has 1 aromatic carbocycles. The molecule has 0 saturated heterocycles. The van der Waals surface area contributed by atoms with Crippen LogP contribution in [0.2, 0.25) is 0 Å². The van der Waals surface area contributed by atoms with Crippen molar-refractivity contribution in [2.45, 2.75) is 0 Å². The summed E-state index contributed by atoms with van der Waals surface area (Å²) in [5.74, 6) is 0.336. The molecule has 0 aliphatic rings. The van der Waals surface area contributed by atoms with Gasteiger partial charge in [-0.1, -0.05) is 33.2 Å². The van der Waals surface area contributed by atoms with Gasteiger partial charge >= 0.3 is 0 Å². The quantitative estimate of drug-likeness (QED) is 0.651. The van der Waals surface area contributed by atoms with Gasteiger partial charge in [0.05, 0.1) is 6.21 Å². The Morgan fingerprint density at radius 1 is 1.33 bits per heavy atom. The van der Waals surface area contributed by atoms with Gasteiger partial charge in [-0.25, -0.2) is 5.43 Å². The van der Waals surface area contributed by atoms with Crippen LogP contribution in [0.3, 0.4) is 0 Å². The fourth-order valence-electron chi connectivity index (χ4n) is 0.923. The average Bonchev–Trinajstić information content (AvgIpc) is 2.74. The summed E-state index contributed by atoms with van der Waals surface area (Å²) in [5.41, 5.74) is 3.61. The van der Waals surface area contributed by atoms with Crippen LogP contribution in [0.15, 0.2) is 33.8 Å². The Morgan fingerprint density at radius 2 is 2.13 bits per heavy atom. The molecule has 0 spiro atoms. The Hall–Kier alpha value is -1.76. The standard InChI is InChI=1S/C8H7BrN6/c9-7-3-1-6(2-4-7)5-10-11-8-12-14-15-13-8/h1-5H,(H2,11,12,13,14,15). The monoisotopic (exact) mass is 266 g/mol. The highest BCUT2D eigenvalue weighted by Gasteiger charge is 1.92. The van der Waals surface area contributed by atoms with Crippen LogP contribution in [0.1, 0.15) is 5.56 Å². The van der Waals surface area contributed by atoms with Gasteiger partial charge in [-0.05, 0) is 22.9 Å². The highest BCUT2D eigenvalue weighted by Crippen LogP contribution is 2.08. The number of rotatable bonds is 3. The molecule has 7 heteroatoms. The van der Waals surface area contributed by atoms with Gasteiger partial charge in [-0.3, -0.25) is 0 Å². The number of aromatic amines is 1. The van der Waals surface area contributed by atoms with Crippen LogP contribution in [-0.2, 0) is 0 Å². The van der Waals surface area contributed by atoms with Crippen molar-refractivity contribution < 1.29 is 0 Å². The molecule has 0 atom stereocenters. The zero-order valence-electron chi connectivity index (χ0n) is 7.55. The van der Waals surface area contributed by atoms with Crippen molar-refractivity contribution in [1.82, 2.24) is 20.6 Å². The molecule has 0 amide bonds. The Labute approximate surface area is 93.9 Å². The van der Waals surface area contributed by atoms with Crippen LogP contribution in [0, 0.1) is 0 Å². The molecule has 0 aliphatic carbocycles. The number of hydrogen-bond acceptors (Lipinski definition) is 5. The SMILES string of the molecule is Brc1ccc(C=NNc2nn[nH]n2)cc1. The highest BCUT2D eigenvalue weighted by molar-refractivity contribution is 9.10. The van der Waals surface area contributed by atoms with E-state index in [1.54, 1.807) is 6.21 Å². The summed E-state index contributed by atoms with van der Waals surface area (Å²) in [4.78, 5) is 0. The Bertz CT molecular complexity index is 435. The van der Waals surface area contributed by atoms with Crippen LogP contribution in [0.25, 0.3) is 0 Å². The number of benzene rings is 1. The first kappa shape index (κ1) is 9.78. The molecule has 0 unspecified atom stereocenters. The Balaban J connectivity index is 1.97. The van der Waals surface area contributed by atoms with Crippen LogP contribution in [-0.4, -0.2) is 26.8 Å². The van der Waals surface area contributed by atoms with Gasteiger partial charge < -0.3 is 0 Å². The van der Waals surface area contributed by atoms with Crippen LogP contribution < -0.4 is 5.43 Å². The van der Waals surface area contributed by atoms with Crippen LogP contribution in [0.4, 0.5) is 5.95 Å². The topological polar surface area (TPSA) is 78.9 Å². The molecule has 0 radical (unpaired) electrons. The molecule has 0 aliphatic heterocycles. The normalized spacial score (nSPS) is 10.7. The maximum absolute atomic E-state index is 3.94. The van der Waals surface area contributed by atoms with Gasteiger partial charge in [0, 0.05) is 4.47 Å². The molecule has 2 N–H and O–H groups in total. The van der Waals surface area contributed by atoms with Crippen LogP contribution >= 0.6 is 15.9 Å². The predicted octanol–water partition coefficient (Wildman–Crippen LogP) is 1.41. The first-order valence-corrected chi connectivity index (χ1v) is 4.92. The minimum Gasteiger partial charge on any atom is -0.243 e. The summed E-state index contributed by atoms with van der Waals surface area (Å²) in [7, 11) is 0. The van der Waals surface area contributed by atoms with E-state index in [9.17, 15) is 0 Å². The van der Waals surface area contributed by atoms with Crippen molar-refractivity contribution in [2.24, 2.45) is 5.10 Å². The molecule has 1 aromatic heterocycles. The smallest absolute Gasteiger partial charge is 0.243 e. The maximum Gasteiger partial charge on any atom is 0.283 e. The van der Waals surface area contributed by atoms with Crippen molar-refractivity contribution in [3.8, 4) is 0 Å². The van der Waals surface area contributed by atoms with Gasteiger partial charge in [-0.15, -0.1) is 5.10 Å². The average molecular weight is 267 g/mol. The second kappa shape index (κ2) is 4.65. The number of nitrogens with zero attached hydrogens (tertiary/aromatic N) is 4. The van der Waals surface area contributed by atoms with Crippen LogP contribution in [0.5, 0.6) is 0 Å². The minimum atomic E-state index is 0.336. The molecule has 15 heavy (non-hydrogen) atoms. The van der Waals surface area contributed by atoms with E-state index in [-0.39, 0.29) is 0 Å². The third-order valence-corrected chi connectivity index (χ3v) is 2.12. The molecule has 2 rings (SSSR count). The fraction of sp³-hybridized carbons (Fsp3) is 0. The van der Waals surface area contributed by atoms with Crippen molar-refractivity contribution in [1.29, 1.82) is 0 Å². The fourth-order valence-corrected chi connectivity index (χ4v) is 1.19. The van der Waals surface area contributed by atoms with E-state index >= 15 is 0 Å². The lowest BCUT2D eigenvalue weighted by atomic mass is 10.2. The van der Waals surface area contributed by atoms with E-state index < -0.39 is 0 Å². The number of halogens is 1. The molecular weight excluding hydrogens is 260 g/mol. The largest absolute Gasteiger partial charge is 0.283 e. The number of nitrogens with one attached hydrogen (secondary N) is 2. The highest BCUT2D eigenvalue weighted by atomic mass is 79.9. The molecule has 76 valence electrons. The molecule has 2 aromatic rings. The van der Waals surface area contributed by atoms with Gasteiger partial charge in [0.15, 0.2) is 0 Å². The number of hydrogen-bond donors (Lipinski definition) is 2. The summed E-state index contributed by atoms with van der Waals surface area (Å²) in [6.45, 7) is 0. The van der Waals surface area contributed by atoms with E-state index in [0.717, 1.165) is 10.0 Å². The predicted molar refractivity (Wildman–Crippen MR) is 59.5 cm³/mol. The molecule has 6 nitrogen and oxygen atoms in total. The number of anilines is 1. The van der Waals surface area contributed by atoms with Gasteiger partial charge in [0.25, 0.3) is 5.95 Å². The number of H-pyrrole nitrogens is 1. The summed E-state index contributed by atoms with van der Waals surface area (Å²) in [6.07, 6.45) is 1.67. The number of hydrazone groups is 1. The van der Waals surface area contributed by atoms with Crippen molar-refractivity contribution in [3.63, 3.8) is 0 Å². The molecule has 0 bridgehead atoms. The second-order valence-corrected chi connectivity index (χ2v) is 3.57. The zero-order chi connectivity index (χ0) is 10.5. The minimum absolute atomic E-state index is 0.336. The second-order valence-electron chi connectivity index (χ2n) is 2.66. The lowest BCUT2D eigenvalue weighted by Crippen LogP contribution is -1.92. The van der Waals surface area contributed by atoms with Crippen molar-refractivity contribution in [3.05, 3.63) is 34.3 Å². The molecular formula is C8H7BrN6. The van der Waals surface area contributed by atoms with Crippen molar-refractivity contribution in [2.75, 3.05) is 5.43 Å². The third kappa shape index (κ3) is 2.84. The summed E-state index contributed by atoms with van der Waals surface area (Å²) in [6, 6.07) is 7.75. The van der Waals surface area contributed by atoms with Gasteiger partial charge in [0.2, 0.25) is 0 Å². The van der Waals surface area contributed by atoms with E-state index in [1.807, 2.05) is 24.3 Å². The summed E-state index contributed by atoms with van der Waals surface area (Å²) in [5, 5.41) is 17.0. The van der Waals surface area contributed by atoms with E-state index in [1.165, 1.54) is 0 Å². The van der Waals surface area contributed by atoms with Crippen molar-refractivity contribution >= 4 is 28.1 Å².